The molecule has 0 bridgehead atoms. The molecule has 0 aliphatic rings. The van der Waals surface area contributed by atoms with E-state index in [1.807, 2.05) is 24.3 Å². The van der Waals surface area contributed by atoms with Crippen molar-refractivity contribution in [1.29, 1.82) is 0 Å². The van der Waals surface area contributed by atoms with Crippen molar-refractivity contribution in [2.24, 2.45) is 0 Å². The largest absolute Gasteiger partial charge is 0.496 e. The number of amides is 1. The molecule has 10 heteroatoms. The van der Waals surface area contributed by atoms with Gasteiger partial charge in [0.25, 0.3) is 5.91 Å². The van der Waals surface area contributed by atoms with E-state index in [9.17, 15) is 4.79 Å². The van der Waals surface area contributed by atoms with Crippen molar-refractivity contribution in [3.05, 3.63) is 54.1 Å². The third-order valence-corrected chi connectivity index (χ3v) is 5.48. The predicted octanol–water partition coefficient (Wildman–Crippen LogP) is 6.07. The molecule has 1 atom stereocenters. The molecule has 0 aliphatic carbocycles. The average molecular weight is 533 g/mol. The van der Waals surface area contributed by atoms with Crippen LogP contribution in [-0.4, -0.2) is 34.7 Å². The number of hydrogen-bond donors (Lipinski definition) is 3. The Morgan fingerprint density at radius 1 is 1.03 bits per heavy atom. The molecule has 2 aromatic rings. The molecule has 0 saturated heterocycles. The highest BCUT2D eigenvalue weighted by molar-refractivity contribution is 7.80. The summed E-state index contributed by atoms with van der Waals surface area (Å²) in [7, 11) is 1.47. The Morgan fingerprint density at radius 2 is 1.73 bits per heavy atom. The first-order valence-corrected chi connectivity index (χ1v) is 12.1. The van der Waals surface area contributed by atoms with E-state index in [2.05, 4.69) is 22.9 Å². The molecular formula is C23H28Cl3N3O3S. The number of thiocarbonyl (C=S) groups is 1. The lowest BCUT2D eigenvalue weighted by molar-refractivity contribution is 0.0931. The molecule has 2 rings (SSSR count). The number of para-hydroxylation sites is 1. The Hall–Kier alpha value is -1.93. The lowest BCUT2D eigenvalue weighted by Crippen LogP contribution is -2.56. The number of carbonyl (C=O) groups excluding carboxylic acids is 1. The highest BCUT2D eigenvalue weighted by atomic mass is 35.6. The van der Waals surface area contributed by atoms with Crippen LogP contribution in [-0.2, 0) is 0 Å². The number of rotatable bonds is 11. The molecule has 0 fully saturated rings. The molecule has 0 aromatic heterocycles. The summed E-state index contributed by atoms with van der Waals surface area (Å²) < 4.78 is 9.08. The maximum Gasteiger partial charge on any atom is 0.256 e. The van der Waals surface area contributed by atoms with Crippen LogP contribution < -0.4 is 25.4 Å². The molecule has 0 aliphatic heterocycles. The van der Waals surface area contributed by atoms with Gasteiger partial charge in [-0.1, -0.05) is 73.1 Å². The van der Waals surface area contributed by atoms with Crippen molar-refractivity contribution in [2.75, 3.05) is 19.0 Å². The molecule has 180 valence electrons. The Morgan fingerprint density at radius 3 is 2.36 bits per heavy atom. The van der Waals surface area contributed by atoms with Crippen LogP contribution in [0.5, 0.6) is 11.5 Å². The van der Waals surface area contributed by atoms with E-state index in [1.165, 1.54) is 20.0 Å². The van der Waals surface area contributed by atoms with Crippen LogP contribution in [0.4, 0.5) is 5.69 Å². The zero-order valence-corrected chi connectivity index (χ0v) is 21.6. The van der Waals surface area contributed by atoms with Gasteiger partial charge in [-0.25, -0.2) is 0 Å². The van der Waals surface area contributed by atoms with Gasteiger partial charge in [0.1, 0.15) is 17.7 Å². The first-order valence-electron chi connectivity index (χ1n) is 10.6. The third kappa shape index (κ3) is 9.45. The molecule has 0 heterocycles. The lowest BCUT2D eigenvalue weighted by atomic mass is 10.2. The number of halogens is 3. The second-order valence-corrected chi connectivity index (χ2v) is 9.96. The zero-order valence-electron chi connectivity index (χ0n) is 18.5. The fourth-order valence-electron chi connectivity index (χ4n) is 2.89. The van der Waals surface area contributed by atoms with Crippen molar-refractivity contribution in [3.8, 4) is 11.5 Å². The van der Waals surface area contributed by atoms with Crippen molar-refractivity contribution < 1.29 is 14.3 Å². The second kappa shape index (κ2) is 13.7. The van der Waals surface area contributed by atoms with E-state index in [4.69, 9.17) is 56.5 Å². The van der Waals surface area contributed by atoms with Crippen LogP contribution in [0.15, 0.2) is 48.5 Å². The molecule has 0 radical (unpaired) electrons. The summed E-state index contributed by atoms with van der Waals surface area (Å²) in [6, 6.07) is 14.1. The lowest BCUT2D eigenvalue weighted by Gasteiger charge is -2.28. The van der Waals surface area contributed by atoms with E-state index in [-0.39, 0.29) is 5.11 Å². The maximum absolute atomic E-state index is 12.7. The third-order valence-electron chi connectivity index (χ3n) is 4.61. The molecular weight excluding hydrogens is 505 g/mol. The van der Waals surface area contributed by atoms with Crippen LogP contribution in [0.2, 0.25) is 0 Å². The van der Waals surface area contributed by atoms with Gasteiger partial charge < -0.3 is 25.4 Å². The smallest absolute Gasteiger partial charge is 0.256 e. The minimum atomic E-state index is -1.88. The summed E-state index contributed by atoms with van der Waals surface area (Å²) in [4.78, 5) is 12.7. The summed E-state index contributed by atoms with van der Waals surface area (Å²) >= 11 is 23.5. The molecule has 1 unspecified atom stereocenters. The van der Waals surface area contributed by atoms with E-state index >= 15 is 0 Å². The van der Waals surface area contributed by atoms with Gasteiger partial charge in [0.2, 0.25) is 3.79 Å². The van der Waals surface area contributed by atoms with Gasteiger partial charge in [-0.15, -0.1) is 0 Å². The molecule has 1 amide bonds. The van der Waals surface area contributed by atoms with Crippen LogP contribution >= 0.6 is 47.0 Å². The standard InChI is InChI=1S/C23H28Cl3N3O3S/c1-3-4-5-8-15-32-17-13-11-16(12-14-17)27-22(33)29-21(23(24,25)26)28-20(30)18-9-6-7-10-19(18)31-2/h6-7,9-14,21H,3-5,8,15H2,1-2H3,(H,28,30)(H2,27,29,33). The number of anilines is 1. The fraction of sp³-hybridized carbons (Fsp3) is 0.391. The average Bonchev–Trinajstić information content (AvgIpc) is 2.78. The summed E-state index contributed by atoms with van der Waals surface area (Å²) in [5, 5.41) is 8.64. The van der Waals surface area contributed by atoms with Gasteiger partial charge in [-0.2, -0.15) is 0 Å². The maximum atomic E-state index is 12.7. The number of hydrogen-bond acceptors (Lipinski definition) is 4. The number of nitrogens with one attached hydrogen (secondary N) is 3. The number of ether oxygens (including phenoxy) is 2. The molecule has 2 aromatic carbocycles. The van der Waals surface area contributed by atoms with Gasteiger partial charge in [-0.3, -0.25) is 4.79 Å². The molecule has 3 N–H and O–H groups in total. The quantitative estimate of drug-likeness (QED) is 0.141. The predicted molar refractivity (Wildman–Crippen MR) is 140 cm³/mol. The minimum absolute atomic E-state index is 0.167. The van der Waals surface area contributed by atoms with Crippen LogP contribution in [0.3, 0.4) is 0 Å². The highest BCUT2D eigenvalue weighted by Gasteiger charge is 2.35. The minimum Gasteiger partial charge on any atom is -0.496 e. The van der Waals surface area contributed by atoms with E-state index < -0.39 is 15.9 Å². The number of carbonyl (C=O) groups is 1. The summed E-state index contributed by atoms with van der Waals surface area (Å²) in [5.74, 6) is 0.685. The molecule has 33 heavy (non-hydrogen) atoms. The van der Waals surface area contributed by atoms with E-state index in [1.54, 1.807) is 24.3 Å². The zero-order chi connectivity index (χ0) is 24.3. The Kier molecular flexibility index (Phi) is 11.3. The van der Waals surface area contributed by atoms with Gasteiger partial charge in [0.15, 0.2) is 5.11 Å². The topological polar surface area (TPSA) is 71.6 Å². The Labute approximate surface area is 215 Å². The van der Waals surface area contributed by atoms with Crippen LogP contribution in [0.1, 0.15) is 43.0 Å². The van der Waals surface area contributed by atoms with Crippen LogP contribution in [0, 0.1) is 0 Å². The van der Waals surface area contributed by atoms with Gasteiger partial charge in [0.05, 0.1) is 19.3 Å². The van der Waals surface area contributed by atoms with Crippen molar-refractivity contribution >= 4 is 63.7 Å². The first-order chi connectivity index (χ1) is 15.7. The van der Waals surface area contributed by atoms with Crippen molar-refractivity contribution in [2.45, 2.75) is 42.6 Å². The van der Waals surface area contributed by atoms with Crippen molar-refractivity contribution in [1.82, 2.24) is 10.6 Å². The first kappa shape index (κ1) is 27.3. The molecule has 6 nitrogen and oxygen atoms in total. The van der Waals surface area contributed by atoms with Gasteiger partial charge in [-0.05, 0) is 55.0 Å². The fourth-order valence-corrected chi connectivity index (χ4v) is 3.46. The van der Waals surface area contributed by atoms with E-state index in [0.717, 1.165) is 18.6 Å². The monoisotopic (exact) mass is 531 g/mol. The number of benzene rings is 2. The Balaban J connectivity index is 1.94. The summed E-state index contributed by atoms with van der Waals surface area (Å²) in [5.41, 5.74) is 1.01. The highest BCUT2D eigenvalue weighted by Crippen LogP contribution is 2.30. The molecule has 0 spiro atoms. The second-order valence-electron chi connectivity index (χ2n) is 7.18. The number of methoxy groups -OCH3 is 1. The Bertz CT molecular complexity index is 908. The number of unbranched alkanes of at least 4 members (excludes halogenated alkanes) is 3. The SMILES string of the molecule is CCCCCCOc1ccc(NC(=S)NC(NC(=O)c2ccccc2OC)C(Cl)(Cl)Cl)cc1. The van der Waals surface area contributed by atoms with E-state index in [0.29, 0.717) is 23.6 Å². The van der Waals surface area contributed by atoms with Gasteiger partial charge in [0, 0.05) is 5.69 Å². The summed E-state index contributed by atoms with van der Waals surface area (Å²) in [6.45, 7) is 2.86. The normalized spacial score (nSPS) is 11.9. The number of alkyl halides is 3. The summed E-state index contributed by atoms with van der Waals surface area (Å²) in [6.07, 6.45) is 3.49. The van der Waals surface area contributed by atoms with Crippen LogP contribution in [0.25, 0.3) is 0 Å². The van der Waals surface area contributed by atoms with Crippen molar-refractivity contribution in [3.63, 3.8) is 0 Å². The molecule has 0 saturated carbocycles. The van der Waals surface area contributed by atoms with Gasteiger partial charge >= 0.3 is 0 Å².